The van der Waals surface area contributed by atoms with Gasteiger partial charge >= 0.3 is 5.97 Å². The molecule has 0 radical (unpaired) electrons. The predicted octanol–water partition coefficient (Wildman–Crippen LogP) is 3.78. The number of aryl methyl sites for hydroxylation is 1. The smallest absolute Gasteiger partial charge is 0.345 e. The fourth-order valence-electron chi connectivity index (χ4n) is 1.45. The SMILES string of the molecule is Cc1cc(Sc2csc(C(=O)O)c2)ccc1C#N. The second-order valence-electron chi connectivity index (χ2n) is 3.64. The van der Waals surface area contributed by atoms with Gasteiger partial charge in [-0.3, -0.25) is 0 Å². The average molecular weight is 275 g/mol. The monoisotopic (exact) mass is 275 g/mol. The second-order valence-corrected chi connectivity index (χ2v) is 5.70. The number of nitriles is 1. The van der Waals surface area contributed by atoms with E-state index in [0.29, 0.717) is 10.4 Å². The molecule has 0 aliphatic carbocycles. The summed E-state index contributed by atoms with van der Waals surface area (Å²) in [7, 11) is 0. The van der Waals surface area contributed by atoms with Crippen molar-refractivity contribution < 1.29 is 9.90 Å². The lowest BCUT2D eigenvalue weighted by atomic mass is 10.1. The molecule has 18 heavy (non-hydrogen) atoms. The molecule has 1 aromatic carbocycles. The minimum atomic E-state index is -0.900. The maximum Gasteiger partial charge on any atom is 0.345 e. The summed E-state index contributed by atoms with van der Waals surface area (Å²) in [6, 6.07) is 9.36. The molecule has 0 unspecified atom stereocenters. The van der Waals surface area contributed by atoms with Crippen molar-refractivity contribution in [2.45, 2.75) is 16.7 Å². The van der Waals surface area contributed by atoms with Crippen LogP contribution in [0, 0.1) is 18.3 Å². The lowest BCUT2D eigenvalue weighted by molar-refractivity contribution is 0.0702. The fourth-order valence-corrected chi connectivity index (χ4v) is 3.28. The van der Waals surface area contributed by atoms with Gasteiger partial charge in [-0.25, -0.2) is 4.79 Å². The van der Waals surface area contributed by atoms with Crippen LogP contribution in [-0.2, 0) is 0 Å². The Balaban J connectivity index is 2.21. The normalized spacial score (nSPS) is 10.0. The zero-order valence-corrected chi connectivity index (χ0v) is 11.1. The van der Waals surface area contributed by atoms with Crippen molar-refractivity contribution in [3.63, 3.8) is 0 Å². The van der Waals surface area contributed by atoms with E-state index in [1.165, 1.54) is 23.1 Å². The second kappa shape index (κ2) is 5.25. The zero-order chi connectivity index (χ0) is 13.1. The van der Waals surface area contributed by atoms with E-state index < -0.39 is 5.97 Å². The first-order valence-corrected chi connectivity index (χ1v) is 6.80. The Morgan fingerprint density at radius 1 is 1.39 bits per heavy atom. The van der Waals surface area contributed by atoms with Crippen LogP contribution in [0.25, 0.3) is 0 Å². The molecule has 2 rings (SSSR count). The largest absolute Gasteiger partial charge is 0.477 e. The molecule has 1 aromatic heterocycles. The molecule has 0 atom stereocenters. The number of hydrogen-bond acceptors (Lipinski definition) is 4. The lowest BCUT2D eigenvalue weighted by Crippen LogP contribution is -1.89. The average Bonchev–Trinajstić information content (AvgIpc) is 2.78. The molecule has 90 valence electrons. The predicted molar refractivity (Wildman–Crippen MR) is 71.3 cm³/mol. The third-order valence-electron chi connectivity index (χ3n) is 2.34. The Kier molecular flexibility index (Phi) is 3.70. The first-order valence-electron chi connectivity index (χ1n) is 5.10. The molecule has 1 heterocycles. The number of rotatable bonds is 3. The summed E-state index contributed by atoms with van der Waals surface area (Å²) < 4.78 is 0. The van der Waals surface area contributed by atoms with Crippen LogP contribution in [0.5, 0.6) is 0 Å². The molecule has 0 saturated carbocycles. The van der Waals surface area contributed by atoms with Gasteiger partial charge in [0.15, 0.2) is 0 Å². The maximum absolute atomic E-state index is 10.8. The van der Waals surface area contributed by atoms with Gasteiger partial charge in [-0.2, -0.15) is 5.26 Å². The Hall–Kier alpha value is -1.77. The molecule has 0 fully saturated rings. The zero-order valence-electron chi connectivity index (χ0n) is 9.51. The molecule has 0 spiro atoms. The van der Waals surface area contributed by atoms with Crippen LogP contribution in [0.2, 0.25) is 0 Å². The molecule has 3 nitrogen and oxygen atoms in total. The Morgan fingerprint density at radius 3 is 2.72 bits per heavy atom. The van der Waals surface area contributed by atoms with E-state index in [2.05, 4.69) is 6.07 Å². The first-order chi connectivity index (χ1) is 8.60. The number of carboxylic acid groups (broad SMARTS) is 1. The van der Waals surface area contributed by atoms with Crippen LogP contribution < -0.4 is 0 Å². The molecule has 0 amide bonds. The van der Waals surface area contributed by atoms with Crippen LogP contribution in [-0.4, -0.2) is 11.1 Å². The van der Waals surface area contributed by atoms with Gasteiger partial charge in [-0.15, -0.1) is 11.3 Å². The van der Waals surface area contributed by atoms with E-state index in [1.807, 2.05) is 24.4 Å². The van der Waals surface area contributed by atoms with Crippen LogP contribution >= 0.6 is 23.1 Å². The van der Waals surface area contributed by atoms with E-state index in [1.54, 1.807) is 12.1 Å². The number of carbonyl (C=O) groups is 1. The number of aromatic carboxylic acids is 1. The number of carboxylic acids is 1. The third-order valence-corrected chi connectivity index (χ3v) is 4.37. The van der Waals surface area contributed by atoms with Gasteiger partial charge in [-0.05, 0) is 36.8 Å². The summed E-state index contributed by atoms with van der Waals surface area (Å²) in [5, 5.41) is 19.5. The maximum atomic E-state index is 10.8. The highest BCUT2D eigenvalue weighted by atomic mass is 32.2. The van der Waals surface area contributed by atoms with Gasteiger partial charge in [-0.1, -0.05) is 11.8 Å². The molecular weight excluding hydrogens is 266 g/mol. The summed E-state index contributed by atoms with van der Waals surface area (Å²) in [6.07, 6.45) is 0. The third kappa shape index (κ3) is 2.73. The minimum absolute atomic E-state index is 0.336. The van der Waals surface area contributed by atoms with Gasteiger partial charge in [0.05, 0.1) is 11.6 Å². The fraction of sp³-hybridized carbons (Fsp3) is 0.0769. The number of thiophene rings is 1. The summed E-state index contributed by atoms with van der Waals surface area (Å²) in [6.45, 7) is 1.89. The number of hydrogen-bond donors (Lipinski definition) is 1. The van der Waals surface area contributed by atoms with Gasteiger partial charge in [0.2, 0.25) is 0 Å². The Bertz CT molecular complexity index is 641. The van der Waals surface area contributed by atoms with Crippen molar-refractivity contribution in [2.75, 3.05) is 0 Å². The summed E-state index contributed by atoms with van der Waals surface area (Å²) in [4.78, 5) is 13.0. The number of benzene rings is 1. The molecule has 5 heteroatoms. The highest BCUT2D eigenvalue weighted by Crippen LogP contribution is 2.32. The van der Waals surface area contributed by atoms with Gasteiger partial charge in [0.1, 0.15) is 4.88 Å². The van der Waals surface area contributed by atoms with Crippen molar-refractivity contribution in [3.05, 3.63) is 45.6 Å². The Morgan fingerprint density at radius 2 is 2.17 bits per heavy atom. The topological polar surface area (TPSA) is 61.1 Å². The molecule has 2 aromatic rings. The van der Waals surface area contributed by atoms with E-state index >= 15 is 0 Å². The van der Waals surface area contributed by atoms with Crippen molar-refractivity contribution >= 4 is 29.1 Å². The van der Waals surface area contributed by atoms with E-state index in [9.17, 15) is 4.79 Å². The van der Waals surface area contributed by atoms with E-state index in [4.69, 9.17) is 10.4 Å². The molecule has 0 aliphatic heterocycles. The van der Waals surface area contributed by atoms with Gasteiger partial charge in [0, 0.05) is 15.2 Å². The van der Waals surface area contributed by atoms with E-state index in [-0.39, 0.29) is 0 Å². The summed E-state index contributed by atoms with van der Waals surface area (Å²) in [5.41, 5.74) is 1.59. The first kappa shape index (κ1) is 12.7. The van der Waals surface area contributed by atoms with Gasteiger partial charge < -0.3 is 5.11 Å². The standard InChI is InChI=1S/C13H9NO2S2/c1-8-4-10(3-2-9(8)6-14)18-11-5-12(13(15)16)17-7-11/h2-5,7H,1H3,(H,15,16). The highest BCUT2D eigenvalue weighted by molar-refractivity contribution is 7.99. The number of nitrogens with zero attached hydrogens (tertiary/aromatic N) is 1. The summed E-state index contributed by atoms with van der Waals surface area (Å²) in [5.74, 6) is -0.900. The van der Waals surface area contributed by atoms with Crippen LogP contribution in [0.4, 0.5) is 0 Å². The van der Waals surface area contributed by atoms with Crippen molar-refractivity contribution in [1.82, 2.24) is 0 Å². The molecule has 0 bridgehead atoms. The van der Waals surface area contributed by atoms with Crippen molar-refractivity contribution in [3.8, 4) is 6.07 Å². The van der Waals surface area contributed by atoms with Crippen LogP contribution in [0.3, 0.4) is 0 Å². The quantitative estimate of drug-likeness (QED) is 0.926. The van der Waals surface area contributed by atoms with E-state index in [0.717, 1.165) is 15.4 Å². The Labute approximate surface area is 113 Å². The molecule has 1 N–H and O–H groups in total. The highest BCUT2D eigenvalue weighted by Gasteiger charge is 2.08. The van der Waals surface area contributed by atoms with Crippen molar-refractivity contribution in [1.29, 1.82) is 5.26 Å². The molecule has 0 aliphatic rings. The lowest BCUT2D eigenvalue weighted by Gasteiger charge is -2.01. The summed E-state index contributed by atoms with van der Waals surface area (Å²) >= 11 is 2.71. The van der Waals surface area contributed by atoms with Gasteiger partial charge in [0.25, 0.3) is 0 Å². The van der Waals surface area contributed by atoms with Crippen molar-refractivity contribution in [2.24, 2.45) is 0 Å². The molecule has 0 saturated heterocycles. The van der Waals surface area contributed by atoms with Crippen LogP contribution in [0.15, 0.2) is 39.4 Å². The molecular formula is C13H9NO2S2. The van der Waals surface area contributed by atoms with Crippen LogP contribution in [0.1, 0.15) is 20.8 Å². The minimum Gasteiger partial charge on any atom is -0.477 e.